The van der Waals surface area contributed by atoms with E-state index in [0.29, 0.717) is 17.0 Å². The number of halogens is 1. The maximum absolute atomic E-state index is 13.5. The van der Waals surface area contributed by atoms with Crippen LogP contribution in [0, 0.1) is 35.4 Å². The van der Waals surface area contributed by atoms with Crippen molar-refractivity contribution in [3.05, 3.63) is 46.8 Å². The average Bonchev–Trinajstić information content (AvgIpc) is 3.07. The quantitative estimate of drug-likeness (QED) is 0.759. The van der Waals surface area contributed by atoms with Crippen molar-refractivity contribution in [3.63, 3.8) is 0 Å². The van der Waals surface area contributed by atoms with Crippen LogP contribution in [0.3, 0.4) is 0 Å². The van der Waals surface area contributed by atoms with Gasteiger partial charge < -0.3 is 5.32 Å². The van der Waals surface area contributed by atoms with E-state index in [-0.39, 0.29) is 23.5 Å². The Kier molecular flexibility index (Phi) is 3.68. The Morgan fingerprint density at radius 2 is 2.25 bits per heavy atom. The van der Waals surface area contributed by atoms with Crippen LogP contribution in [-0.2, 0) is 6.42 Å². The third-order valence-electron chi connectivity index (χ3n) is 3.41. The van der Waals surface area contributed by atoms with E-state index >= 15 is 0 Å². The van der Waals surface area contributed by atoms with Crippen molar-refractivity contribution in [2.24, 2.45) is 0 Å². The standard InChI is InChI=1S/C15H10FN7O/c1-8-13(23-7-9(16)2-3-12(23)19-8)15(24)20-14-10(6-18)11(4-5-17)21-22-14/h2-3,7H,4H2,1H3,(H2,20,21,22,24). The summed E-state index contributed by atoms with van der Waals surface area (Å²) in [7, 11) is 0. The molecular formula is C15H10FN7O. The van der Waals surface area contributed by atoms with E-state index in [1.165, 1.54) is 16.5 Å². The SMILES string of the molecule is Cc1nc2ccc(F)cn2c1C(=O)Nc1n[nH]c(CC#N)c1C#N. The first-order valence-corrected chi connectivity index (χ1v) is 6.85. The van der Waals surface area contributed by atoms with Crippen molar-refractivity contribution in [2.45, 2.75) is 13.3 Å². The summed E-state index contributed by atoms with van der Waals surface area (Å²) in [6.07, 6.45) is 1.12. The van der Waals surface area contributed by atoms with Gasteiger partial charge in [-0.2, -0.15) is 15.6 Å². The van der Waals surface area contributed by atoms with Gasteiger partial charge in [0, 0.05) is 6.20 Å². The lowest BCUT2D eigenvalue weighted by molar-refractivity contribution is 0.102. The van der Waals surface area contributed by atoms with Crippen LogP contribution in [-0.4, -0.2) is 25.5 Å². The number of hydrogen-bond donors (Lipinski definition) is 2. The molecule has 0 aliphatic rings. The second-order valence-corrected chi connectivity index (χ2v) is 4.95. The number of carbonyl (C=O) groups is 1. The second-order valence-electron chi connectivity index (χ2n) is 4.95. The number of fused-ring (bicyclic) bond motifs is 1. The van der Waals surface area contributed by atoms with Gasteiger partial charge in [0.25, 0.3) is 5.91 Å². The molecule has 9 heteroatoms. The Morgan fingerprint density at radius 3 is 2.96 bits per heavy atom. The second kappa shape index (κ2) is 5.82. The smallest absolute Gasteiger partial charge is 0.275 e. The number of nitrogens with one attached hydrogen (secondary N) is 2. The minimum atomic E-state index is -0.586. The van der Waals surface area contributed by atoms with Gasteiger partial charge in [0.05, 0.1) is 23.9 Å². The molecule has 24 heavy (non-hydrogen) atoms. The van der Waals surface area contributed by atoms with Gasteiger partial charge >= 0.3 is 0 Å². The van der Waals surface area contributed by atoms with Crippen LogP contribution in [0.5, 0.6) is 0 Å². The molecule has 0 fully saturated rings. The lowest BCUT2D eigenvalue weighted by Gasteiger charge is -2.04. The minimum Gasteiger partial charge on any atom is -0.303 e. The van der Waals surface area contributed by atoms with Crippen LogP contribution >= 0.6 is 0 Å². The lowest BCUT2D eigenvalue weighted by atomic mass is 10.2. The van der Waals surface area contributed by atoms with Gasteiger partial charge in [0.15, 0.2) is 5.82 Å². The number of nitrogens with zero attached hydrogens (tertiary/aromatic N) is 5. The number of aromatic amines is 1. The number of rotatable bonds is 3. The van der Waals surface area contributed by atoms with Crippen LogP contribution in [0.2, 0.25) is 0 Å². The molecule has 3 aromatic rings. The number of pyridine rings is 1. The molecular weight excluding hydrogens is 313 g/mol. The van der Waals surface area contributed by atoms with Crippen molar-refractivity contribution >= 4 is 17.4 Å². The van der Waals surface area contributed by atoms with Crippen molar-refractivity contribution < 1.29 is 9.18 Å². The third-order valence-corrected chi connectivity index (χ3v) is 3.41. The number of amides is 1. The normalized spacial score (nSPS) is 10.3. The molecule has 0 aliphatic heterocycles. The Labute approximate surface area is 135 Å². The van der Waals surface area contributed by atoms with Crippen LogP contribution < -0.4 is 5.32 Å². The van der Waals surface area contributed by atoms with E-state index in [1.54, 1.807) is 6.92 Å². The van der Waals surface area contributed by atoms with Crippen LogP contribution in [0.15, 0.2) is 18.3 Å². The number of aryl methyl sites for hydroxylation is 1. The van der Waals surface area contributed by atoms with E-state index in [2.05, 4.69) is 20.5 Å². The number of anilines is 1. The van der Waals surface area contributed by atoms with Crippen LogP contribution in [0.1, 0.15) is 27.4 Å². The maximum Gasteiger partial charge on any atom is 0.275 e. The number of hydrogen-bond acceptors (Lipinski definition) is 5. The minimum absolute atomic E-state index is 0.0125. The van der Waals surface area contributed by atoms with Crippen molar-refractivity contribution in [3.8, 4) is 12.1 Å². The highest BCUT2D eigenvalue weighted by Crippen LogP contribution is 2.19. The summed E-state index contributed by atoms with van der Waals surface area (Å²) < 4.78 is 14.8. The van der Waals surface area contributed by atoms with E-state index in [4.69, 9.17) is 5.26 Å². The van der Waals surface area contributed by atoms with E-state index < -0.39 is 11.7 Å². The predicted molar refractivity (Wildman–Crippen MR) is 80.5 cm³/mol. The fraction of sp³-hybridized carbons (Fsp3) is 0.133. The topological polar surface area (TPSA) is 123 Å². The van der Waals surface area contributed by atoms with E-state index in [0.717, 1.165) is 6.20 Å². The molecule has 3 heterocycles. The molecule has 0 unspecified atom stereocenters. The van der Waals surface area contributed by atoms with E-state index in [1.807, 2.05) is 12.1 Å². The van der Waals surface area contributed by atoms with Crippen molar-refractivity contribution in [1.29, 1.82) is 10.5 Å². The Morgan fingerprint density at radius 1 is 1.46 bits per heavy atom. The van der Waals surface area contributed by atoms with Gasteiger partial charge in [-0.25, -0.2) is 9.37 Å². The maximum atomic E-state index is 13.5. The Balaban J connectivity index is 2.00. The fourth-order valence-electron chi connectivity index (χ4n) is 2.37. The molecule has 0 spiro atoms. The number of aromatic nitrogens is 4. The largest absolute Gasteiger partial charge is 0.303 e. The van der Waals surface area contributed by atoms with Gasteiger partial charge in [-0.05, 0) is 19.1 Å². The van der Waals surface area contributed by atoms with Gasteiger partial charge in [-0.15, -0.1) is 0 Å². The van der Waals surface area contributed by atoms with Crippen LogP contribution in [0.4, 0.5) is 10.2 Å². The summed E-state index contributed by atoms with van der Waals surface area (Å²) >= 11 is 0. The Bertz CT molecular complexity index is 1030. The summed E-state index contributed by atoms with van der Waals surface area (Å²) in [5.74, 6) is -1.08. The number of H-pyrrole nitrogens is 1. The molecule has 0 atom stereocenters. The van der Waals surface area contributed by atoms with Crippen molar-refractivity contribution in [1.82, 2.24) is 19.6 Å². The predicted octanol–water partition coefficient (Wildman–Crippen LogP) is 1.69. The van der Waals surface area contributed by atoms with Crippen molar-refractivity contribution in [2.75, 3.05) is 5.32 Å². The highest BCUT2D eigenvalue weighted by atomic mass is 19.1. The third kappa shape index (κ3) is 2.44. The first kappa shape index (κ1) is 15.2. The lowest BCUT2D eigenvalue weighted by Crippen LogP contribution is -2.16. The molecule has 0 aliphatic carbocycles. The molecule has 2 N–H and O–H groups in total. The van der Waals surface area contributed by atoms with Gasteiger partial charge in [-0.1, -0.05) is 0 Å². The zero-order valence-corrected chi connectivity index (χ0v) is 12.5. The molecule has 0 radical (unpaired) electrons. The molecule has 3 aromatic heterocycles. The number of nitriles is 2. The summed E-state index contributed by atoms with van der Waals surface area (Å²) in [5.41, 5.74) is 1.37. The summed E-state index contributed by atoms with van der Waals surface area (Å²) in [6.45, 7) is 1.62. The zero-order valence-electron chi connectivity index (χ0n) is 12.5. The molecule has 3 rings (SSSR count). The molecule has 0 bridgehead atoms. The first-order valence-electron chi connectivity index (χ1n) is 6.85. The fourth-order valence-corrected chi connectivity index (χ4v) is 2.37. The van der Waals surface area contributed by atoms with Gasteiger partial charge in [0.1, 0.15) is 28.8 Å². The number of imidazole rings is 1. The molecule has 8 nitrogen and oxygen atoms in total. The molecule has 0 aromatic carbocycles. The number of carbonyl (C=O) groups excluding carboxylic acids is 1. The summed E-state index contributed by atoms with van der Waals surface area (Å²) in [4.78, 5) is 16.7. The monoisotopic (exact) mass is 323 g/mol. The highest BCUT2D eigenvalue weighted by molar-refractivity contribution is 6.04. The first-order chi connectivity index (χ1) is 11.5. The summed E-state index contributed by atoms with van der Waals surface area (Å²) in [5, 5.41) is 26.8. The molecule has 118 valence electrons. The average molecular weight is 323 g/mol. The van der Waals surface area contributed by atoms with E-state index in [9.17, 15) is 14.4 Å². The molecule has 0 saturated carbocycles. The zero-order chi connectivity index (χ0) is 17.3. The Hall–Kier alpha value is -3.72. The van der Waals surface area contributed by atoms with Gasteiger partial charge in [-0.3, -0.25) is 14.3 Å². The van der Waals surface area contributed by atoms with Gasteiger partial charge in [0.2, 0.25) is 0 Å². The summed E-state index contributed by atoms with van der Waals surface area (Å²) in [6, 6.07) is 6.51. The highest BCUT2D eigenvalue weighted by Gasteiger charge is 2.21. The molecule has 0 saturated heterocycles. The van der Waals surface area contributed by atoms with Crippen LogP contribution in [0.25, 0.3) is 5.65 Å². The molecule has 1 amide bonds.